The highest BCUT2D eigenvalue weighted by molar-refractivity contribution is 7.89. The van der Waals surface area contributed by atoms with Gasteiger partial charge in [0, 0.05) is 25.4 Å². The van der Waals surface area contributed by atoms with Gasteiger partial charge >= 0.3 is 0 Å². The molecule has 3 rings (SSSR count). The molecule has 0 amide bonds. The van der Waals surface area contributed by atoms with Gasteiger partial charge in [0.25, 0.3) is 0 Å². The molecule has 2 aromatic rings. The Kier molecular flexibility index (Phi) is 5.82. The van der Waals surface area contributed by atoms with Gasteiger partial charge < -0.3 is 0 Å². The van der Waals surface area contributed by atoms with E-state index < -0.39 is 10.0 Å². The number of aryl methyl sites for hydroxylation is 3. The summed E-state index contributed by atoms with van der Waals surface area (Å²) in [6, 6.07) is 13.4. The quantitative estimate of drug-likeness (QED) is 0.786. The third-order valence-corrected chi connectivity index (χ3v) is 7.38. The fourth-order valence-electron chi connectivity index (χ4n) is 3.81. The van der Waals surface area contributed by atoms with Crippen LogP contribution in [0.25, 0.3) is 0 Å². The lowest BCUT2D eigenvalue weighted by Gasteiger charge is -2.31. The van der Waals surface area contributed by atoms with Crippen LogP contribution < -0.4 is 0 Å². The van der Waals surface area contributed by atoms with Crippen molar-refractivity contribution in [3.05, 3.63) is 64.7 Å². The molecule has 1 heterocycles. The van der Waals surface area contributed by atoms with Crippen molar-refractivity contribution in [2.75, 3.05) is 13.1 Å². The third-order valence-electron chi connectivity index (χ3n) is 5.32. The van der Waals surface area contributed by atoms with E-state index in [1.54, 1.807) is 6.07 Å². The van der Waals surface area contributed by atoms with Crippen LogP contribution in [0.1, 0.15) is 35.1 Å². The number of Topliss-reactive ketones (excluding diaryl/α,β-unsaturated/α-hetero) is 1. The molecule has 0 saturated carbocycles. The Hall–Kier alpha value is -1.98. The lowest BCUT2D eigenvalue weighted by molar-refractivity contribution is -0.123. The summed E-state index contributed by atoms with van der Waals surface area (Å²) in [6.45, 7) is 6.61. The summed E-state index contributed by atoms with van der Waals surface area (Å²) in [4.78, 5) is 13.0. The Balaban J connectivity index is 1.65. The van der Waals surface area contributed by atoms with Crippen LogP contribution in [0.4, 0.5) is 0 Å². The van der Waals surface area contributed by atoms with Crippen molar-refractivity contribution >= 4 is 15.8 Å². The number of hydrogen-bond acceptors (Lipinski definition) is 3. The number of nitrogens with zero attached hydrogens (tertiary/aromatic N) is 1. The van der Waals surface area contributed by atoms with Crippen LogP contribution in [0.15, 0.2) is 47.4 Å². The van der Waals surface area contributed by atoms with E-state index in [-0.39, 0.29) is 11.7 Å². The maximum absolute atomic E-state index is 13.0. The second-order valence-corrected chi connectivity index (χ2v) is 9.49. The Morgan fingerprint density at radius 2 is 1.67 bits per heavy atom. The van der Waals surface area contributed by atoms with E-state index in [2.05, 4.69) is 0 Å². The number of piperidine rings is 1. The molecule has 1 aliphatic heterocycles. The molecular formula is C22H27NO3S. The maximum Gasteiger partial charge on any atom is 0.243 e. The largest absolute Gasteiger partial charge is 0.299 e. The first kappa shape index (κ1) is 19.8. The predicted molar refractivity (Wildman–Crippen MR) is 107 cm³/mol. The molecule has 0 radical (unpaired) electrons. The highest BCUT2D eigenvalue weighted by atomic mass is 32.2. The van der Waals surface area contributed by atoms with Gasteiger partial charge in [0.1, 0.15) is 5.78 Å². The second kappa shape index (κ2) is 7.95. The summed E-state index contributed by atoms with van der Waals surface area (Å²) in [5.41, 5.74) is 4.00. The zero-order valence-electron chi connectivity index (χ0n) is 16.2. The smallest absolute Gasteiger partial charge is 0.243 e. The Morgan fingerprint density at radius 1 is 1.00 bits per heavy atom. The van der Waals surface area contributed by atoms with Crippen molar-refractivity contribution in [2.24, 2.45) is 5.92 Å². The van der Waals surface area contributed by atoms with Gasteiger partial charge in [0.15, 0.2) is 0 Å². The number of carbonyl (C=O) groups excluding carboxylic acids is 1. The van der Waals surface area contributed by atoms with Crippen molar-refractivity contribution in [1.82, 2.24) is 4.31 Å². The summed E-state index contributed by atoms with van der Waals surface area (Å²) >= 11 is 0. The predicted octanol–water partition coefficient (Wildman–Crippen LogP) is 3.82. The average molecular weight is 386 g/mol. The van der Waals surface area contributed by atoms with Crippen molar-refractivity contribution in [3.8, 4) is 0 Å². The number of benzene rings is 2. The maximum atomic E-state index is 13.0. The SMILES string of the molecule is Cc1cccc(CC(=O)C2CCN(S(=O)(=O)c3ccc(C)cc3C)CC2)c1. The van der Waals surface area contributed by atoms with E-state index in [9.17, 15) is 13.2 Å². The van der Waals surface area contributed by atoms with E-state index in [0.29, 0.717) is 37.2 Å². The zero-order chi connectivity index (χ0) is 19.6. The van der Waals surface area contributed by atoms with Crippen LogP contribution in [0.5, 0.6) is 0 Å². The van der Waals surface area contributed by atoms with Gasteiger partial charge in [-0.3, -0.25) is 4.79 Å². The number of sulfonamides is 1. The van der Waals surface area contributed by atoms with Crippen LogP contribution in [0.2, 0.25) is 0 Å². The molecule has 0 aliphatic carbocycles. The first-order valence-electron chi connectivity index (χ1n) is 9.43. The minimum atomic E-state index is -3.50. The minimum Gasteiger partial charge on any atom is -0.299 e. The fourth-order valence-corrected chi connectivity index (χ4v) is 5.49. The van der Waals surface area contributed by atoms with E-state index in [0.717, 1.165) is 22.3 Å². The lowest BCUT2D eigenvalue weighted by Crippen LogP contribution is -2.40. The normalized spacial score (nSPS) is 16.4. The van der Waals surface area contributed by atoms with Gasteiger partial charge in [0.05, 0.1) is 4.90 Å². The summed E-state index contributed by atoms with van der Waals surface area (Å²) in [7, 11) is -3.50. The van der Waals surface area contributed by atoms with Crippen LogP contribution >= 0.6 is 0 Å². The topological polar surface area (TPSA) is 54.5 Å². The van der Waals surface area contributed by atoms with E-state index in [1.807, 2.05) is 57.2 Å². The molecule has 1 saturated heterocycles. The number of hydrogen-bond donors (Lipinski definition) is 0. The molecular weight excluding hydrogens is 358 g/mol. The standard InChI is InChI=1S/C22H27NO3S/c1-16-5-4-6-19(14-16)15-21(24)20-9-11-23(12-10-20)27(25,26)22-8-7-17(2)13-18(22)3/h4-8,13-14,20H,9-12,15H2,1-3H3. The number of rotatable bonds is 5. The third kappa shape index (κ3) is 4.47. The zero-order valence-corrected chi connectivity index (χ0v) is 17.1. The minimum absolute atomic E-state index is 0.0592. The van der Waals surface area contributed by atoms with E-state index >= 15 is 0 Å². The first-order valence-corrected chi connectivity index (χ1v) is 10.9. The molecule has 144 valence electrons. The summed E-state index contributed by atoms with van der Waals surface area (Å²) in [6.07, 6.45) is 1.61. The molecule has 0 aromatic heterocycles. The molecule has 1 aliphatic rings. The van der Waals surface area contributed by atoms with Gasteiger partial charge in [-0.1, -0.05) is 47.5 Å². The van der Waals surface area contributed by atoms with Gasteiger partial charge in [-0.25, -0.2) is 8.42 Å². The average Bonchev–Trinajstić information content (AvgIpc) is 2.61. The summed E-state index contributed by atoms with van der Waals surface area (Å²) in [5, 5.41) is 0. The van der Waals surface area contributed by atoms with Crippen LogP contribution in [-0.4, -0.2) is 31.6 Å². The molecule has 0 spiro atoms. The van der Waals surface area contributed by atoms with Crippen LogP contribution in [0, 0.1) is 26.7 Å². The summed E-state index contributed by atoms with van der Waals surface area (Å²) in [5.74, 6) is 0.153. The molecule has 0 atom stereocenters. The van der Waals surface area contributed by atoms with Crippen LogP contribution in [-0.2, 0) is 21.2 Å². The van der Waals surface area contributed by atoms with E-state index in [4.69, 9.17) is 0 Å². The Bertz CT molecular complexity index is 942. The van der Waals surface area contributed by atoms with Crippen molar-refractivity contribution in [1.29, 1.82) is 0 Å². The van der Waals surface area contributed by atoms with Gasteiger partial charge in [0.2, 0.25) is 10.0 Å². The van der Waals surface area contributed by atoms with Gasteiger partial charge in [-0.05, 0) is 50.8 Å². The van der Waals surface area contributed by atoms with Crippen molar-refractivity contribution in [2.45, 2.75) is 44.9 Å². The van der Waals surface area contributed by atoms with Crippen molar-refractivity contribution < 1.29 is 13.2 Å². The lowest BCUT2D eigenvalue weighted by atomic mass is 9.90. The number of ketones is 1. The first-order chi connectivity index (χ1) is 12.8. The number of carbonyl (C=O) groups is 1. The molecule has 5 heteroatoms. The Morgan fingerprint density at radius 3 is 2.30 bits per heavy atom. The molecule has 27 heavy (non-hydrogen) atoms. The molecule has 0 bridgehead atoms. The molecule has 1 fully saturated rings. The van der Waals surface area contributed by atoms with Gasteiger partial charge in [-0.15, -0.1) is 0 Å². The Labute approximate surface area is 162 Å². The second-order valence-electron chi connectivity index (χ2n) is 7.58. The van der Waals surface area contributed by atoms with Crippen LogP contribution in [0.3, 0.4) is 0 Å². The molecule has 4 nitrogen and oxygen atoms in total. The van der Waals surface area contributed by atoms with Gasteiger partial charge in [-0.2, -0.15) is 4.31 Å². The van der Waals surface area contributed by atoms with E-state index in [1.165, 1.54) is 4.31 Å². The summed E-state index contributed by atoms with van der Waals surface area (Å²) < 4.78 is 27.5. The molecule has 0 N–H and O–H groups in total. The fraction of sp³-hybridized carbons (Fsp3) is 0.409. The monoisotopic (exact) mass is 385 g/mol. The molecule has 2 aromatic carbocycles. The molecule has 0 unspecified atom stereocenters. The van der Waals surface area contributed by atoms with Crippen molar-refractivity contribution in [3.63, 3.8) is 0 Å². The highest BCUT2D eigenvalue weighted by Crippen LogP contribution is 2.27. The highest BCUT2D eigenvalue weighted by Gasteiger charge is 2.32.